The number of ether oxygens (including phenoxy) is 2. The van der Waals surface area contributed by atoms with Crippen molar-refractivity contribution in [2.45, 2.75) is 45.7 Å². The van der Waals surface area contributed by atoms with E-state index in [1.807, 2.05) is 35.1 Å². The molecule has 31 heavy (non-hydrogen) atoms. The molecule has 0 saturated carbocycles. The summed E-state index contributed by atoms with van der Waals surface area (Å²) in [6.07, 6.45) is 6.20. The van der Waals surface area contributed by atoms with Crippen LogP contribution in [0.5, 0.6) is 11.5 Å². The van der Waals surface area contributed by atoms with Gasteiger partial charge in [-0.2, -0.15) is 5.10 Å². The van der Waals surface area contributed by atoms with E-state index in [-0.39, 0.29) is 0 Å². The maximum atomic E-state index is 5.48. The number of hydrogen-bond donors (Lipinski definition) is 0. The highest BCUT2D eigenvalue weighted by atomic mass is 16.5. The average Bonchev–Trinajstić information content (AvgIpc) is 3.22. The van der Waals surface area contributed by atoms with E-state index in [9.17, 15) is 0 Å². The van der Waals surface area contributed by atoms with Gasteiger partial charge in [0.15, 0.2) is 17.1 Å². The second-order valence-electron chi connectivity index (χ2n) is 8.32. The predicted octanol–water partition coefficient (Wildman–Crippen LogP) is 4.11. The maximum absolute atomic E-state index is 5.48. The monoisotopic (exact) mass is 423 g/mol. The number of methoxy groups -OCH3 is 2. The Morgan fingerprint density at radius 2 is 1.84 bits per heavy atom. The summed E-state index contributed by atoms with van der Waals surface area (Å²) < 4.78 is 12.7. The van der Waals surface area contributed by atoms with E-state index in [2.05, 4.69) is 41.7 Å². The van der Waals surface area contributed by atoms with Crippen molar-refractivity contribution in [1.82, 2.24) is 19.5 Å². The van der Waals surface area contributed by atoms with Crippen molar-refractivity contribution >= 4 is 11.5 Å². The number of anilines is 1. The number of hydrogen-bond acceptors (Lipinski definition) is 6. The lowest BCUT2D eigenvalue weighted by Crippen LogP contribution is -2.47. The van der Waals surface area contributed by atoms with Crippen molar-refractivity contribution in [3.05, 3.63) is 36.7 Å². The van der Waals surface area contributed by atoms with Crippen LogP contribution in [0.15, 0.2) is 36.7 Å². The van der Waals surface area contributed by atoms with E-state index < -0.39 is 0 Å². The van der Waals surface area contributed by atoms with Gasteiger partial charge in [-0.3, -0.25) is 4.90 Å². The molecule has 1 fully saturated rings. The van der Waals surface area contributed by atoms with Gasteiger partial charge in [-0.1, -0.05) is 13.0 Å². The van der Waals surface area contributed by atoms with Crippen LogP contribution in [0.2, 0.25) is 0 Å². The van der Waals surface area contributed by atoms with Crippen molar-refractivity contribution in [2.75, 3.05) is 38.8 Å². The van der Waals surface area contributed by atoms with Crippen LogP contribution in [0.1, 0.15) is 33.6 Å². The van der Waals surface area contributed by atoms with Crippen molar-refractivity contribution in [3.8, 4) is 22.6 Å². The Morgan fingerprint density at radius 3 is 2.48 bits per heavy atom. The SMILES string of the molecule is CCN(C(C)C)C1CCN(c2ccn3ncc(-c4ccc(OC)c(OC)c4)c3n2)CC1. The quantitative estimate of drug-likeness (QED) is 0.570. The maximum Gasteiger partial charge on any atom is 0.165 e. The first kappa shape index (κ1) is 21.4. The summed E-state index contributed by atoms with van der Waals surface area (Å²) in [5, 5.41) is 4.50. The highest BCUT2D eigenvalue weighted by Gasteiger charge is 2.26. The molecule has 0 radical (unpaired) electrons. The lowest BCUT2D eigenvalue weighted by Gasteiger charge is -2.40. The summed E-state index contributed by atoms with van der Waals surface area (Å²) in [5.74, 6) is 2.42. The van der Waals surface area contributed by atoms with Gasteiger partial charge in [0.1, 0.15) is 5.82 Å². The predicted molar refractivity (Wildman–Crippen MR) is 124 cm³/mol. The molecule has 2 aromatic heterocycles. The van der Waals surface area contributed by atoms with Crippen molar-refractivity contribution in [3.63, 3.8) is 0 Å². The van der Waals surface area contributed by atoms with E-state index in [4.69, 9.17) is 14.5 Å². The zero-order valence-corrected chi connectivity index (χ0v) is 19.2. The highest BCUT2D eigenvalue weighted by Crippen LogP contribution is 2.34. The van der Waals surface area contributed by atoms with Gasteiger partial charge in [0.05, 0.1) is 20.4 Å². The average molecular weight is 424 g/mol. The topological polar surface area (TPSA) is 55.1 Å². The molecule has 1 aliphatic heterocycles. The van der Waals surface area contributed by atoms with Crippen LogP contribution in [0.3, 0.4) is 0 Å². The molecule has 0 atom stereocenters. The molecule has 0 unspecified atom stereocenters. The molecule has 0 N–H and O–H groups in total. The minimum absolute atomic E-state index is 0.590. The van der Waals surface area contributed by atoms with Crippen LogP contribution in [-0.2, 0) is 0 Å². The Kier molecular flexibility index (Phi) is 6.32. The molecule has 7 nitrogen and oxygen atoms in total. The Morgan fingerprint density at radius 1 is 1.10 bits per heavy atom. The number of nitrogens with zero attached hydrogens (tertiary/aromatic N) is 5. The second-order valence-corrected chi connectivity index (χ2v) is 8.32. The van der Waals surface area contributed by atoms with E-state index in [0.717, 1.165) is 42.2 Å². The number of piperidine rings is 1. The molecule has 1 aromatic carbocycles. The van der Waals surface area contributed by atoms with Crippen molar-refractivity contribution in [1.29, 1.82) is 0 Å². The molecule has 0 spiro atoms. The molecule has 0 bridgehead atoms. The van der Waals surface area contributed by atoms with Gasteiger partial charge in [-0.15, -0.1) is 0 Å². The fourth-order valence-corrected chi connectivity index (χ4v) is 4.71. The zero-order chi connectivity index (χ0) is 22.0. The second kappa shape index (κ2) is 9.14. The molecule has 0 aliphatic carbocycles. The summed E-state index contributed by atoms with van der Waals surface area (Å²) in [5.41, 5.74) is 2.84. The van der Waals surface area contributed by atoms with E-state index in [0.29, 0.717) is 23.6 Å². The minimum Gasteiger partial charge on any atom is -0.493 e. The molecule has 166 valence electrons. The third-order valence-electron chi connectivity index (χ3n) is 6.33. The number of benzene rings is 1. The van der Waals surface area contributed by atoms with Crippen LogP contribution >= 0.6 is 0 Å². The van der Waals surface area contributed by atoms with Gasteiger partial charge in [0.2, 0.25) is 0 Å². The van der Waals surface area contributed by atoms with Crippen molar-refractivity contribution in [2.24, 2.45) is 0 Å². The molecule has 1 saturated heterocycles. The normalized spacial score (nSPS) is 15.3. The summed E-state index contributed by atoms with van der Waals surface area (Å²) in [7, 11) is 3.29. The fraction of sp³-hybridized carbons (Fsp3) is 0.500. The number of fused-ring (bicyclic) bond motifs is 1. The summed E-state index contributed by atoms with van der Waals surface area (Å²) >= 11 is 0. The Hall–Kier alpha value is -2.80. The van der Waals surface area contributed by atoms with E-state index in [1.54, 1.807) is 14.2 Å². The third-order valence-corrected chi connectivity index (χ3v) is 6.33. The Bertz CT molecular complexity index is 1020. The van der Waals surface area contributed by atoms with Gasteiger partial charge in [-0.25, -0.2) is 9.50 Å². The molecule has 7 heteroatoms. The zero-order valence-electron chi connectivity index (χ0n) is 19.2. The van der Waals surface area contributed by atoms with Gasteiger partial charge in [-0.05, 0) is 57.0 Å². The molecule has 1 aliphatic rings. The summed E-state index contributed by atoms with van der Waals surface area (Å²) in [6.45, 7) is 10.0. The first-order chi connectivity index (χ1) is 15.0. The van der Waals surface area contributed by atoms with Crippen LogP contribution in [0.4, 0.5) is 5.82 Å². The summed E-state index contributed by atoms with van der Waals surface area (Å²) in [6, 6.07) is 9.22. The van der Waals surface area contributed by atoms with E-state index >= 15 is 0 Å². The third kappa shape index (κ3) is 4.19. The van der Waals surface area contributed by atoms with Gasteiger partial charge >= 0.3 is 0 Å². The first-order valence-corrected chi connectivity index (χ1v) is 11.1. The van der Waals surface area contributed by atoms with E-state index in [1.165, 1.54) is 12.8 Å². The molecule has 3 aromatic rings. The standard InChI is InChI=1S/C24H33N5O2/c1-6-28(17(2)3)19-9-12-27(13-10-19)23-11-14-29-24(26-23)20(16-25-29)18-7-8-21(30-4)22(15-18)31-5/h7-8,11,14-17,19H,6,9-10,12-13H2,1-5H3. The Balaban J connectivity index is 1.58. The summed E-state index contributed by atoms with van der Waals surface area (Å²) in [4.78, 5) is 10.0. The number of rotatable bonds is 7. The van der Waals surface area contributed by atoms with Crippen LogP contribution in [0.25, 0.3) is 16.8 Å². The molecular weight excluding hydrogens is 390 g/mol. The van der Waals surface area contributed by atoms with Crippen molar-refractivity contribution < 1.29 is 9.47 Å². The molecule has 0 amide bonds. The molecular formula is C24H33N5O2. The van der Waals surface area contributed by atoms with Gasteiger partial charge < -0.3 is 14.4 Å². The molecule has 3 heterocycles. The van der Waals surface area contributed by atoms with Crippen LogP contribution < -0.4 is 14.4 Å². The van der Waals surface area contributed by atoms with Gasteiger partial charge in [0, 0.05) is 36.9 Å². The number of aromatic nitrogens is 3. The minimum atomic E-state index is 0.590. The van der Waals surface area contributed by atoms with Gasteiger partial charge in [0.25, 0.3) is 0 Å². The van der Waals surface area contributed by atoms with Crippen LogP contribution in [0, 0.1) is 0 Å². The lowest BCUT2D eigenvalue weighted by molar-refractivity contribution is 0.139. The highest BCUT2D eigenvalue weighted by molar-refractivity contribution is 5.79. The first-order valence-electron chi connectivity index (χ1n) is 11.1. The Labute approximate surface area is 184 Å². The lowest BCUT2D eigenvalue weighted by atomic mass is 10.0. The largest absolute Gasteiger partial charge is 0.493 e. The molecule has 4 rings (SSSR count). The fourth-order valence-electron chi connectivity index (χ4n) is 4.71. The smallest absolute Gasteiger partial charge is 0.165 e. The van der Waals surface area contributed by atoms with Crippen LogP contribution in [-0.4, -0.2) is 65.4 Å².